The van der Waals surface area contributed by atoms with Gasteiger partial charge in [-0.1, -0.05) is 35.9 Å². The Hall–Kier alpha value is -2.74. The number of rotatable bonds is 1. The van der Waals surface area contributed by atoms with Crippen molar-refractivity contribution in [1.82, 2.24) is 9.97 Å². The van der Waals surface area contributed by atoms with Crippen molar-refractivity contribution in [3.05, 3.63) is 82.7 Å². The van der Waals surface area contributed by atoms with Crippen LogP contribution in [-0.4, -0.2) is 9.97 Å². The zero-order chi connectivity index (χ0) is 15.1. The number of hydrogen-bond donors (Lipinski definition) is 0. The highest BCUT2D eigenvalue weighted by Crippen LogP contribution is 2.42. The van der Waals surface area contributed by atoms with E-state index in [4.69, 9.17) is 0 Å². The molecule has 0 atom stereocenters. The van der Waals surface area contributed by atoms with Crippen molar-refractivity contribution in [1.29, 1.82) is 0 Å². The van der Waals surface area contributed by atoms with Gasteiger partial charge in [-0.15, -0.1) is 0 Å². The van der Waals surface area contributed by atoms with Gasteiger partial charge in [0.05, 0.1) is 11.4 Å². The third kappa shape index (κ3) is 1.96. The third-order valence-electron chi connectivity index (χ3n) is 4.15. The molecule has 1 aliphatic rings. The quantitative estimate of drug-likeness (QED) is 0.508. The molecule has 0 saturated carbocycles. The molecule has 2 heteroatoms. The minimum atomic E-state index is 0.981. The van der Waals surface area contributed by atoms with E-state index in [9.17, 15) is 0 Å². The van der Waals surface area contributed by atoms with Gasteiger partial charge in [0.1, 0.15) is 0 Å². The largest absolute Gasteiger partial charge is 0.254 e. The van der Waals surface area contributed by atoms with Gasteiger partial charge in [0.2, 0.25) is 0 Å². The van der Waals surface area contributed by atoms with Crippen LogP contribution in [0.1, 0.15) is 27.8 Å². The lowest BCUT2D eigenvalue weighted by Gasteiger charge is -2.06. The van der Waals surface area contributed by atoms with Gasteiger partial charge in [0.15, 0.2) is 0 Å². The van der Waals surface area contributed by atoms with Gasteiger partial charge < -0.3 is 0 Å². The van der Waals surface area contributed by atoms with Crippen LogP contribution in [0.15, 0.2) is 54.9 Å². The molecule has 1 aromatic carbocycles. The Bertz CT molecular complexity index is 860. The topological polar surface area (TPSA) is 25.8 Å². The lowest BCUT2D eigenvalue weighted by molar-refractivity contribution is 1.26. The van der Waals surface area contributed by atoms with Crippen molar-refractivity contribution in [3.8, 4) is 11.4 Å². The Balaban J connectivity index is 1.99. The predicted octanol–water partition coefficient (Wildman–Crippen LogP) is 4.66. The fraction of sp³-hybridized carbons (Fsp3) is 0.100. The SMILES string of the molecule is Cc1ccc(C)c(C=C2c3cccnc3-c3ncccc32)c1. The summed E-state index contributed by atoms with van der Waals surface area (Å²) in [5.74, 6) is 0. The summed E-state index contributed by atoms with van der Waals surface area (Å²) >= 11 is 0. The minimum Gasteiger partial charge on any atom is -0.254 e. The van der Waals surface area contributed by atoms with Gasteiger partial charge in [-0.25, -0.2) is 0 Å². The molecule has 0 saturated heterocycles. The number of benzene rings is 1. The van der Waals surface area contributed by atoms with Crippen molar-refractivity contribution < 1.29 is 0 Å². The van der Waals surface area contributed by atoms with E-state index in [1.807, 2.05) is 24.5 Å². The number of nitrogens with zero attached hydrogens (tertiary/aromatic N) is 2. The second-order valence-electron chi connectivity index (χ2n) is 5.72. The first-order valence-electron chi connectivity index (χ1n) is 7.44. The van der Waals surface area contributed by atoms with Gasteiger partial charge in [-0.2, -0.15) is 0 Å². The van der Waals surface area contributed by atoms with Gasteiger partial charge in [0, 0.05) is 23.5 Å². The molecule has 0 amide bonds. The summed E-state index contributed by atoms with van der Waals surface area (Å²) in [5, 5.41) is 0. The molecule has 2 nitrogen and oxygen atoms in total. The molecule has 0 radical (unpaired) electrons. The van der Waals surface area contributed by atoms with Crippen LogP contribution in [0.4, 0.5) is 0 Å². The molecule has 106 valence electrons. The van der Waals surface area contributed by atoms with Crippen molar-refractivity contribution >= 4 is 11.6 Å². The predicted molar refractivity (Wildman–Crippen MR) is 90.4 cm³/mol. The summed E-state index contributed by atoms with van der Waals surface area (Å²) < 4.78 is 0. The molecule has 0 N–H and O–H groups in total. The van der Waals surface area contributed by atoms with Crippen LogP contribution in [0.3, 0.4) is 0 Å². The first-order valence-corrected chi connectivity index (χ1v) is 7.44. The van der Waals surface area contributed by atoms with E-state index in [0.717, 1.165) is 22.5 Å². The Morgan fingerprint density at radius 3 is 2.09 bits per heavy atom. The summed E-state index contributed by atoms with van der Waals surface area (Å²) in [7, 11) is 0. The van der Waals surface area contributed by atoms with E-state index in [2.05, 4.69) is 60.2 Å². The van der Waals surface area contributed by atoms with E-state index >= 15 is 0 Å². The molecule has 0 aliphatic heterocycles. The fourth-order valence-electron chi connectivity index (χ4n) is 2.99. The summed E-state index contributed by atoms with van der Waals surface area (Å²) in [5.41, 5.74) is 9.30. The van der Waals surface area contributed by atoms with Crippen molar-refractivity contribution in [2.45, 2.75) is 13.8 Å². The first kappa shape index (κ1) is 13.0. The molecule has 22 heavy (non-hydrogen) atoms. The highest BCUT2D eigenvalue weighted by Gasteiger charge is 2.25. The number of aromatic nitrogens is 2. The van der Waals surface area contributed by atoms with E-state index < -0.39 is 0 Å². The zero-order valence-electron chi connectivity index (χ0n) is 12.7. The zero-order valence-corrected chi connectivity index (χ0v) is 12.7. The third-order valence-corrected chi connectivity index (χ3v) is 4.15. The molecular weight excluding hydrogens is 268 g/mol. The second kappa shape index (κ2) is 4.92. The number of fused-ring (bicyclic) bond motifs is 3. The average Bonchev–Trinajstić information content (AvgIpc) is 2.86. The lowest BCUT2D eigenvalue weighted by atomic mass is 9.98. The highest BCUT2D eigenvalue weighted by molar-refractivity contribution is 6.04. The number of aryl methyl sites for hydroxylation is 2. The van der Waals surface area contributed by atoms with Crippen molar-refractivity contribution in [2.75, 3.05) is 0 Å². The Labute approximate surface area is 130 Å². The van der Waals surface area contributed by atoms with Crippen LogP contribution in [0.2, 0.25) is 0 Å². The summed E-state index contributed by atoms with van der Waals surface area (Å²) in [6, 6.07) is 14.8. The van der Waals surface area contributed by atoms with E-state index in [1.54, 1.807) is 0 Å². The number of hydrogen-bond acceptors (Lipinski definition) is 2. The van der Waals surface area contributed by atoms with Crippen molar-refractivity contribution in [3.63, 3.8) is 0 Å². The molecule has 3 aromatic rings. The van der Waals surface area contributed by atoms with Crippen LogP contribution < -0.4 is 0 Å². The lowest BCUT2D eigenvalue weighted by Crippen LogP contribution is -1.86. The molecular formula is C20H16N2. The fourth-order valence-corrected chi connectivity index (χ4v) is 2.99. The van der Waals surface area contributed by atoms with E-state index in [1.165, 1.54) is 22.3 Å². The molecule has 0 spiro atoms. The maximum atomic E-state index is 4.53. The first-order chi connectivity index (χ1) is 10.7. The molecule has 2 heterocycles. The Kier molecular flexibility index (Phi) is 2.90. The second-order valence-corrected chi connectivity index (χ2v) is 5.72. The van der Waals surface area contributed by atoms with Gasteiger partial charge >= 0.3 is 0 Å². The van der Waals surface area contributed by atoms with Crippen LogP contribution in [-0.2, 0) is 0 Å². The molecule has 0 fully saturated rings. The van der Waals surface area contributed by atoms with E-state index in [-0.39, 0.29) is 0 Å². The van der Waals surface area contributed by atoms with Crippen LogP contribution in [0, 0.1) is 13.8 Å². The van der Waals surface area contributed by atoms with E-state index in [0.29, 0.717) is 0 Å². The normalized spacial score (nSPS) is 12.0. The van der Waals surface area contributed by atoms with Gasteiger partial charge in [-0.05, 0) is 48.8 Å². The number of pyridine rings is 2. The minimum absolute atomic E-state index is 0.981. The summed E-state index contributed by atoms with van der Waals surface area (Å²) in [6.45, 7) is 4.27. The summed E-state index contributed by atoms with van der Waals surface area (Å²) in [6.07, 6.45) is 5.92. The molecule has 4 rings (SSSR count). The van der Waals surface area contributed by atoms with Crippen LogP contribution in [0.25, 0.3) is 23.0 Å². The highest BCUT2D eigenvalue weighted by atomic mass is 14.8. The van der Waals surface area contributed by atoms with Gasteiger partial charge in [-0.3, -0.25) is 9.97 Å². The smallest absolute Gasteiger partial charge is 0.0971 e. The molecule has 1 aliphatic carbocycles. The summed E-state index contributed by atoms with van der Waals surface area (Å²) in [4.78, 5) is 9.06. The standard InChI is InChI=1S/C20H16N2/c1-13-7-8-14(2)15(11-13)12-18-16-5-3-9-21-19(16)20-17(18)6-4-10-22-20/h3-12H,1-2H3. The molecule has 0 unspecified atom stereocenters. The Morgan fingerprint density at radius 1 is 0.818 bits per heavy atom. The van der Waals surface area contributed by atoms with Crippen LogP contribution >= 0.6 is 0 Å². The van der Waals surface area contributed by atoms with Crippen molar-refractivity contribution in [2.24, 2.45) is 0 Å². The monoisotopic (exact) mass is 284 g/mol. The van der Waals surface area contributed by atoms with Crippen LogP contribution in [0.5, 0.6) is 0 Å². The molecule has 0 bridgehead atoms. The average molecular weight is 284 g/mol. The van der Waals surface area contributed by atoms with Gasteiger partial charge in [0.25, 0.3) is 0 Å². The maximum absolute atomic E-state index is 4.53. The Morgan fingerprint density at radius 2 is 1.45 bits per heavy atom. The molecule has 2 aromatic heterocycles. The maximum Gasteiger partial charge on any atom is 0.0971 e.